The molecule has 0 amide bonds. The number of β-amino-alcohol motifs (C(OH)–C–C–N with tert-alkyl or cyclic N) is 1. The molecule has 2 aromatic heterocycles. The number of nitrogens with one attached hydrogen (secondary N) is 1. The van der Waals surface area contributed by atoms with E-state index in [0.717, 1.165) is 11.1 Å². The summed E-state index contributed by atoms with van der Waals surface area (Å²) in [7, 11) is 0. The highest BCUT2D eigenvalue weighted by molar-refractivity contribution is 5.62. The molecule has 2 unspecified atom stereocenters. The summed E-state index contributed by atoms with van der Waals surface area (Å²) in [6, 6.07) is 17.1. The summed E-state index contributed by atoms with van der Waals surface area (Å²) in [4.78, 5) is 4.57. The molecule has 3 heterocycles. The van der Waals surface area contributed by atoms with E-state index in [1.807, 2.05) is 30.3 Å². The van der Waals surface area contributed by atoms with Crippen molar-refractivity contribution in [1.82, 2.24) is 19.9 Å². The van der Waals surface area contributed by atoms with Crippen molar-refractivity contribution in [2.45, 2.75) is 38.2 Å². The summed E-state index contributed by atoms with van der Waals surface area (Å²) in [6.45, 7) is 0.681. The van der Waals surface area contributed by atoms with Crippen molar-refractivity contribution >= 4 is 5.65 Å². The summed E-state index contributed by atoms with van der Waals surface area (Å²) in [5.41, 5.74) is 3.35. The number of alkyl halides is 2. The summed E-state index contributed by atoms with van der Waals surface area (Å²) in [5.74, 6) is 0.0469. The number of hydrogen-bond donors (Lipinski definition) is 3. The lowest BCUT2D eigenvalue weighted by atomic mass is 9.96. The molecule has 0 saturated carbocycles. The van der Waals surface area contributed by atoms with Crippen LogP contribution in [0.2, 0.25) is 0 Å². The van der Waals surface area contributed by atoms with Crippen molar-refractivity contribution in [3.05, 3.63) is 83.2 Å². The van der Waals surface area contributed by atoms with E-state index in [2.05, 4.69) is 10.3 Å². The van der Waals surface area contributed by atoms with Crippen LogP contribution in [0.3, 0.4) is 0 Å². The fourth-order valence-electron chi connectivity index (χ4n) is 4.29. The van der Waals surface area contributed by atoms with Crippen molar-refractivity contribution in [3.8, 4) is 17.0 Å². The van der Waals surface area contributed by atoms with Gasteiger partial charge in [-0.15, -0.1) is 0 Å². The number of hydrogen-bond acceptors (Lipinski definition) is 6. The van der Waals surface area contributed by atoms with Gasteiger partial charge >= 0.3 is 6.61 Å². The van der Waals surface area contributed by atoms with Gasteiger partial charge < -0.3 is 20.3 Å². The topological polar surface area (TPSA) is 91.9 Å². The largest absolute Gasteiger partial charge is 0.434 e. The minimum absolute atomic E-state index is 0.0469. The molecule has 0 aliphatic carbocycles. The van der Waals surface area contributed by atoms with Crippen molar-refractivity contribution in [3.63, 3.8) is 0 Å². The second-order valence-electron chi connectivity index (χ2n) is 8.78. The summed E-state index contributed by atoms with van der Waals surface area (Å²) in [5, 5.41) is 28.8. The number of nitrogens with zero attached hydrogens (tertiary/aromatic N) is 3. The smallest absolute Gasteiger partial charge is 0.387 e. The molecule has 0 bridgehead atoms. The molecule has 34 heavy (non-hydrogen) atoms. The number of benzene rings is 2. The zero-order valence-electron chi connectivity index (χ0n) is 18.6. The van der Waals surface area contributed by atoms with E-state index < -0.39 is 24.4 Å². The molecule has 3 N–H and O–H groups in total. The van der Waals surface area contributed by atoms with E-state index in [0.29, 0.717) is 28.3 Å². The zero-order valence-corrected chi connectivity index (χ0v) is 18.6. The number of halogens is 2. The van der Waals surface area contributed by atoms with Crippen LogP contribution in [-0.4, -0.2) is 38.0 Å². The molecule has 7 nitrogen and oxygen atoms in total. The van der Waals surface area contributed by atoms with E-state index >= 15 is 0 Å². The Morgan fingerprint density at radius 3 is 2.53 bits per heavy atom. The van der Waals surface area contributed by atoms with Gasteiger partial charge in [-0.3, -0.25) is 0 Å². The molecule has 9 heteroatoms. The van der Waals surface area contributed by atoms with Gasteiger partial charge in [0.15, 0.2) is 5.65 Å². The van der Waals surface area contributed by atoms with Gasteiger partial charge in [-0.05, 0) is 37.6 Å². The van der Waals surface area contributed by atoms with Gasteiger partial charge in [0.2, 0.25) is 0 Å². The Morgan fingerprint density at radius 1 is 1.09 bits per heavy atom. The Morgan fingerprint density at radius 2 is 1.82 bits per heavy atom. The number of aliphatic hydroxyl groups excluding tert-OH is 1. The maximum absolute atomic E-state index is 13.0. The van der Waals surface area contributed by atoms with Crippen LogP contribution in [0.15, 0.2) is 60.7 Å². The van der Waals surface area contributed by atoms with Crippen LogP contribution in [0.5, 0.6) is 5.75 Å². The Kier molecular flexibility index (Phi) is 5.55. The van der Waals surface area contributed by atoms with Crippen LogP contribution in [-0.2, 0) is 5.60 Å². The average Bonchev–Trinajstić information content (AvgIpc) is 3.19. The lowest BCUT2D eigenvalue weighted by Gasteiger charge is -2.28. The first-order valence-corrected chi connectivity index (χ1v) is 10.9. The molecular formula is C25H24F2N4O3. The van der Waals surface area contributed by atoms with Crippen molar-refractivity contribution in [1.29, 1.82) is 0 Å². The number of imidazole rings is 1. The Bertz CT molecular complexity index is 1330. The summed E-state index contributed by atoms with van der Waals surface area (Å²) in [6.07, 6.45) is -0.870. The first-order chi connectivity index (χ1) is 16.2. The summed E-state index contributed by atoms with van der Waals surface area (Å²) >= 11 is 0. The highest BCUT2D eigenvalue weighted by atomic mass is 19.3. The number of para-hydroxylation sites is 1. The number of ether oxygens (including phenoxy) is 1. The minimum Gasteiger partial charge on any atom is -0.434 e. The molecule has 0 fully saturated rings. The van der Waals surface area contributed by atoms with Crippen LogP contribution in [0.25, 0.3) is 16.9 Å². The van der Waals surface area contributed by atoms with Gasteiger partial charge in [-0.25, -0.2) is 9.50 Å². The fraction of sp³-hybridized carbons (Fsp3) is 0.280. The molecule has 1 aliphatic rings. The van der Waals surface area contributed by atoms with Gasteiger partial charge in [0.05, 0.1) is 28.7 Å². The van der Waals surface area contributed by atoms with Gasteiger partial charge in [0, 0.05) is 17.7 Å². The van der Waals surface area contributed by atoms with Crippen LogP contribution in [0.1, 0.15) is 48.5 Å². The van der Waals surface area contributed by atoms with Crippen LogP contribution in [0.4, 0.5) is 8.78 Å². The molecular weight excluding hydrogens is 442 g/mol. The quantitative estimate of drug-likeness (QED) is 0.413. The highest BCUT2D eigenvalue weighted by Gasteiger charge is 2.34. The predicted octanol–water partition coefficient (Wildman–Crippen LogP) is 3.95. The number of fused-ring (bicyclic) bond motifs is 3. The van der Waals surface area contributed by atoms with E-state index in [4.69, 9.17) is 9.84 Å². The van der Waals surface area contributed by atoms with Gasteiger partial charge in [-0.1, -0.05) is 42.5 Å². The molecule has 2 aromatic carbocycles. The van der Waals surface area contributed by atoms with Crippen molar-refractivity contribution in [2.75, 3.05) is 6.54 Å². The fourth-order valence-corrected chi connectivity index (χ4v) is 4.29. The van der Waals surface area contributed by atoms with E-state index in [1.54, 1.807) is 42.6 Å². The molecule has 5 rings (SSSR count). The van der Waals surface area contributed by atoms with Crippen molar-refractivity contribution < 1.29 is 23.7 Å². The second-order valence-corrected chi connectivity index (χ2v) is 8.78. The Balaban J connectivity index is 1.63. The Hall–Kier alpha value is -3.40. The highest BCUT2D eigenvalue weighted by Crippen LogP contribution is 2.37. The lowest BCUT2D eigenvalue weighted by Crippen LogP contribution is -2.35. The van der Waals surface area contributed by atoms with Crippen LogP contribution < -0.4 is 10.1 Å². The lowest BCUT2D eigenvalue weighted by molar-refractivity contribution is -0.0507. The molecule has 0 radical (unpaired) electrons. The zero-order chi connectivity index (χ0) is 24.0. The molecule has 1 aliphatic heterocycles. The SMILES string of the molecule is CC(C)(O)c1ccc(-c2ccc3nc4c(n3n2)C(c2ccccc2OC(F)F)NCC4O)cc1. The van der Waals surface area contributed by atoms with E-state index in [-0.39, 0.29) is 12.3 Å². The third-order valence-corrected chi connectivity index (χ3v) is 5.98. The van der Waals surface area contributed by atoms with E-state index in [9.17, 15) is 19.0 Å². The second kappa shape index (κ2) is 8.43. The number of aliphatic hydroxyl groups is 2. The average molecular weight is 466 g/mol. The standard InChI is InChI=1S/C25H24F2N4O3/c1-25(2,33)15-9-7-14(8-10-15)17-11-12-20-29-22-18(32)13-28-21(23(22)31(20)30-17)16-5-3-4-6-19(16)34-24(26)27/h3-12,18,21,24,28,32-33H,13H2,1-2H3. The maximum Gasteiger partial charge on any atom is 0.387 e. The maximum atomic E-state index is 13.0. The van der Waals surface area contributed by atoms with E-state index in [1.165, 1.54) is 6.07 Å². The molecule has 4 aromatic rings. The molecule has 0 saturated heterocycles. The van der Waals surface area contributed by atoms with Crippen LogP contribution >= 0.6 is 0 Å². The normalized spacial score (nSPS) is 18.3. The van der Waals surface area contributed by atoms with Gasteiger partial charge in [0.1, 0.15) is 11.9 Å². The monoisotopic (exact) mass is 466 g/mol. The van der Waals surface area contributed by atoms with Crippen LogP contribution in [0, 0.1) is 0 Å². The Labute approximate surface area is 194 Å². The van der Waals surface area contributed by atoms with Crippen molar-refractivity contribution in [2.24, 2.45) is 0 Å². The van der Waals surface area contributed by atoms with Gasteiger partial charge in [0.25, 0.3) is 0 Å². The third-order valence-electron chi connectivity index (χ3n) is 5.98. The molecule has 0 spiro atoms. The molecule has 176 valence electrons. The predicted molar refractivity (Wildman–Crippen MR) is 122 cm³/mol. The summed E-state index contributed by atoms with van der Waals surface area (Å²) < 4.78 is 32.5. The molecule has 2 atom stereocenters. The third kappa shape index (κ3) is 4.02. The minimum atomic E-state index is -2.96. The number of aromatic nitrogens is 3. The first-order valence-electron chi connectivity index (χ1n) is 10.9. The van der Waals surface area contributed by atoms with Gasteiger partial charge in [-0.2, -0.15) is 13.9 Å². The number of rotatable bonds is 5. The first kappa shape index (κ1) is 22.4.